The number of carboxylic acid groups (broad SMARTS) is 1. The third-order valence-electron chi connectivity index (χ3n) is 5.26. The molecule has 0 radical (unpaired) electrons. The van der Waals surface area contributed by atoms with Crippen molar-refractivity contribution in [1.82, 2.24) is 0 Å². The molecule has 1 aromatic carbocycles. The number of Topliss-reactive ketones (excluding diaryl/α,β-unsaturated/α-hetero) is 1. The molecule has 6 heteroatoms. The maximum absolute atomic E-state index is 12.9. The van der Waals surface area contributed by atoms with Crippen LogP contribution in [0.1, 0.15) is 47.2 Å². The summed E-state index contributed by atoms with van der Waals surface area (Å²) < 4.78 is 5.46. The van der Waals surface area contributed by atoms with E-state index in [0.29, 0.717) is 17.7 Å². The number of carbonyl (C=O) groups is 2. The number of ether oxygens (including phenoxy) is 1. The third-order valence-corrected chi connectivity index (χ3v) is 6.10. The summed E-state index contributed by atoms with van der Waals surface area (Å²) in [7, 11) is 0. The van der Waals surface area contributed by atoms with Crippen LogP contribution in [0.15, 0.2) is 0 Å². The molecule has 3 aliphatic rings. The quantitative estimate of drug-likeness (QED) is 0.846. The highest BCUT2D eigenvalue weighted by Crippen LogP contribution is 2.55. The summed E-state index contributed by atoms with van der Waals surface area (Å²) in [5, 5.41) is 9.57. The molecular formula is C16H14Cl2O4. The zero-order chi connectivity index (χ0) is 15.6. The maximum Gasteiger partial charge on any atom is 0.345 e. The van der Waals surface area contributed by atoms with E-state index in [0.717, 1.165) is 36.8 Å². The fraction of sp³-hybridized carbons (Fsp3) is 0.500. The first kappa shape index (κ1) is 14.3. The predicted octanol–water partition coefficient (Wildman–Crippen LogP) is 3.68. The number of aliphatic carboxylic acids is 1. The molecule has 1 N–H and O–H groups in total. The van der Waals surface area contributed by atoms with Crippen LogP contribution in [0.5, 0.6) is 5.75 Å². The molecule has 0 saturated heterocycles. The summed E-state index contributed by atoms with van der Waals surface area (Å²) in [5.74, 6) is -0.605. The molecule has 1 atom stereocenters. The average Bonchev–Trinajstić information content (AvgIpc) is 3.17. The molecule has 4 rings (SSSR count). The summed E-state index contributed by atoms with van der Waals surface area (Å²) in [6, 6.07) is 0. The van der Waals surface area contributed by atoms with Gasteiger partial charge in [0.2, 0.25) is 0 Å². The molecule has 22 heavy (non-hydrogen) atoms. The average molecular weight is 341 g/mol. The lowest BCUT2D eigenvalue weighted by Gasteiger charge is -2.19. The summed E-state index contributed by atoms with van der Waals surface area (Å²) in [6.07, 6.45) is 3.75. The summed E-state index contributed by atoms with van der Waals surface area (Å²) in [6.45, 7) is 0. The smallest absolute Gasteiger partial charge is 0.345 e. The van der Waals surface area contributed by atoms with Crippen molar-refractivity contribution in [2.45, 2.75) is 44.6 Å². The van der Waals surface area contributed by atoms with E-state index < -0.39 is 12.1 Å². The Hall–Kier alpha value is -1.26. The Morgan fingerprint density at radius 3 is 2.50 bits per heavy atom. The molecule has 0 amide bonds. The van der Waals surface area contributed by atoms with Crippen LogP contribution in [0.3, 0.4) is 0 Å². The Balaban J connectivity index is 1.89. The number of halogens is 2. The summed E-state index contributed by atoms with van der Waals surface area (Å²) in [5.41, 5.74) is 1.77. The van der Waals surface area contributed by atoms with Gasteiger partial charge in [-0.3, -0.25) is 4.79 Å². The van der Waals surface area contributed by atoms with Gasteiger partial charge in [0, 0.05) is 23.0 Å². The SMILES string of the molecule is O=C(O)[C@H]1Cc2c3c(c(Cl)c(Cl)c2O1)C(=O)C1(CCCC1)C3. The maximum atomic E-state index is 12.9. The molecule has 0 bridgehead atoms. The lowest BCUT2D eigenvalue weighted by Crippen LogP contribution is -2.25. The number of fused-ring (bicyclic) bond motifs is 3. The van der Waals surface area contributed by atoms with Gasteiger partial charge in [0.05, 0.1) is 5.02 Å². The molecule has 1 fully saturated rings. The monoisotopic (exact) mass is 340 g/mol. The Labute approximate surface area is 137 Å². The second-order valence-electron chi connectivity index (χ2n) is 6.43. The molecule has 1 heterocycles. The zero-order valence-corrected chi connectivity index (χ0v) is 13.3. The largest absolute Gasteiger partial charge is 0.478 e. The fourth-order valence-electron chi connectivity index (χ4n) is 4.18. The van der Waals surface area contributed by atoms with Crippen LogP contribution in [0.2, 0.25) is 10.0 Å². The van der Waals surface area contributed by atoms with Crippen molar-refractivity contribution in [3.63, 3.8) is 0 Å². The number of ketones is 1. The van der Waals surface area contributed by atoms with Gasteiger partial charge in [-0.1, -0.05) is 36.0 Å². The Morgan fingerprint density at radius 1 is 1.18 bits per heavy atom. The van der Waals surface area contributed by atoms with Crippen LogP contribution in [-0.2, 0) is 17.6 Å². The first-order chi connectivity index (χ1) is 10.4. The van der Waals surface area contributed by atoms with Crippen LogP contribution in [-0.4, -0.2) is 23.0 Å². The second kappa shape index (κ2) is 4.62. The minimum Gasteiger partial charge on any atom is -0.478 e. The van der Waals surface area contributed by atoms with Crippen molar-refractivity contribution in [3.8, 4) is 5.75 Å². The van der Waals surface area contributed by atoms with E-state index in [1.807, 2.05) is 0 Å². The van der Waals surface area contributed by atoms with Gasteiger partial charge in [0.25, 0.3) is 0 Å². The topological polar surface area (TPSA) is 63.6 Å². The van der Waals surface area contributed by atoms with Crippen LogP contribution < -0.4 is 4.74 Å². The molecule has 2 aliphatic carbocycles. The minimum absolute atomic E-state index is 0.0773. The highest BCUT2D eigenvalue weighted by molar-refractivity contribution is 6.45. The van der Waals surface area contributed by atoms with E-state index in [-0.39, 0.29) is 27.7 Å². The molecule has 1 saturated carbocycles. The van der Waals surface area contributed by atoms with Crippen molar-refractivity contribution in [1.29, 1.82) is 0 Å². The van der Waals surface area contributed by atoms with Crippen molar-refractivity contribution in [3.05, 3.63) is 26.7 Å². The molecule has 4 nitrogen and oxygen atoms in total. The number of carboxylic acids is 1. The number of benzene rings is 1. The van der Waals surface area contributed by atoms with Gasteiger partial charge in [0.15, 0.2) is 11.9 Å². The number of hydrogen-bond donors (Lipinski definition) is 1. The van der Waals surface area contributed by atoms with E-state index in [4.69, 9.17) is 27.9 Å². The standard InChI is InChI=1S/C16H14Cl2O4/c17-11-10-8(6-16(14(10)19)3-1-2-4-16)7-5-9(15(20)21)22-13(7)12(11)18/h9H,1-6H2,(H,20,21)/t9-/m1/s1. The minimum atomic E-state index is -1.03. The van der Waals surface area contributed by atoms with Gasteiger partial charge >= 0.3 is 5.97 Å². The van der Waals surface area contributed by atoms with Gasteiger partial charge in [-0.15, -0.1) is 0 Å². The van der Waals surface area contributed by atoms with Gasteiger partial charge in [0.1, 0.15) is 10.8 Å². The van der Waals surface area contributed by atoms with E-state index >= 15 is 0 Å². The van der Waals surface area contributed by atoms with Crippen molar-refractivity contribution in [2.24, 2.45) is 5.41 Å². The van der Waals surface area contributed by atoms with Gasteiger partial charge in [-0.2, -0.15) is 0 Å². The Morgan fingerprint density at radius 2 is 1.86 bits per heavy atom. The zero-order valence-electron chi connectivity index (χ0n) is 11.7. The van der Waals surface area contributed by atoms with Gasteiger partial charge in [-0.05, 0) is 24.8 Å². The number of carbonyl (C=O) groups excluding carboxylic acids is 1. The third kappa shape index (κ3) is 1.71. The Kier molecular flexibility index (Phi) is 3.01. The highest BCUT2D eigenvalue weighted by Gasteiger charge is 2.51. The first-order valence-corrected chi connectivity index (χ1v) is 8.17. The van der Waals surface area contributed by atoms with Crippen LogP contribution in [0.25, 0.3) is 0 Å². The lowest BCUT2D eigenvalue weighted by molar-refractivity contribution is -0.144. The molecule has 116 valence electrons. The Bertz CT molecular complexity index is 720. The summed E-state index contributed by atoms with van der Waals surface area (Å²) >= 11 is 12.6. The molecule has 1 aliphatic heterocycles. The molecule has 0 unspecified atom stereocenters. The van der Waals surface area contributed by atoms with Gasteiger partial charge in [-0.25, -0.2) is 4.79 Å². The van der Waals surface area contributed by atoms with E-state index in [1.165, 1.54) is 0 Å². The lowest BCUT2D eigenvalue weighted by atomic mass is 9.82. The normalized spacial score (nSPS) is 24.5. The van der Waals surface area contributed by atoms with Crippen molar-refractivity contribution >= 4 is 35.0 Å². The van der Waals surface area contributed by atoms with Crippen molar-refractivity contribution < 1.29 is 19.4 Å². The highest BCUT2D eigenvalue weighted by atomic mass is 35.5. The van der Waals surface area contributed by atoms with Crippen LogP contribution in [0.4, 0.5) is 0 Å². The fourth-order valence-corrected chi connectivity index (χ4v) is 4.72. The van der Waals surface area contributed by atoms with Crippen LogP contribution >= 0.6 is 23.2 Å². The van der Waals surface area contributed by atoms with Crippen LogP contribution in [0, 0.1) is 5.41 Å². The first-order valence-electron chi connectivity index (χ1n) is 7.41. The molecular weight excluding hydrogens is 327 g/mol. The summed E-state index contributed by atoms with van der Waals surface area (Å²) in [4.78, 5) is 24.1. The predicted molar refractivity (Wildman–Crippen MR) is 81.2 cm³/mol. The van der Waals surface area contributed by atoms with Gasteiger partial charge < -0.3 is 9.84 Å². The second-order valence-corrected chi connectivity index (χ2v) is 7.19. The molecule has 0 aromatic heterocycles. The van der Waals surface area contributed by atoms with Crippen molar-refractivity contribution in [2.75, 3.05) is 0 Å². The molecule has 1 spiro atoms. The molecule has 1 aromatic rings. The van der Waals surface area contributed by atoms with E-state index in [1.54, 1.807) is 0 Å². The number of hydrogen-bond acceptors (Lipinski definition) is 3. The van der Waals surface area contributed by atoms with E-state index in [9.17, 15) is 14.7 Å². The number of rotatable bonds is 1. The van der Waals surface area contributed by atoms with E-state index in [2.05, 4.69) is 0 Å².